The van der Waals surface area contributed by atoms with E-state index in [0.717, 1.165) is 0 Å². The summed E-state index contributed by atoms with van der Waals surface area (Å²) in [5.41, 5.74) is 2.54. The van der Waals surface area contributed by atoms with Crippen LogP contribution in [0.4, 0.5) is 0 Å². The van der Waals surface area contributed by atoms with Gasteiger partial charge in [0.25, 0.3) is 0 Å². The molecule has 0 aliphatic heterocycles. The van der Waals surface area contributed by atoms with Crippen LogP contribution in [0.1, 0.15) is 0 Å². The first-order valence-electron chi connectivity index (χ1n) is 8.21. The van der Waals surface area contributed by atoms with Gasteiger partial charge in [-0.05, 0) is 67.7 Å². The Morgan fingerprint density at radius 2 is 1.33 bits per heavy atom. The van der Waals surface area contributed by atoms with Crippen LogP contribution in [0, 0.1) is 6.07 Å². The molecule has 0 spiro atoms. The highest BCUT2D eigenvalue weighted by Gasteiger charge is 2.08. The first kappa shape index (κ1) is 13.3. The minimum atomic E-state index is 1.23. The van der Waals surface area contributed by atoms with Crippen molar-refractivity contribution in [3.63, 3.8) is 0 Å². The maximum atomic E-state index is 3.18. The highest BCUT2D eigenvalue weighted by molar-refractivity contribution is 6.14. The van der Waals surface area contributed by atoms with Crippen LogP contribution in [-0.2, 0) is 0 Å². The molecule has 0 aromatic heterocycles. The molecule has 0 amide bonds. The lowest BCUT2D eigenvalue weighted by Crippen LogP contribution is -1.85. The fourth-order valence-electron chi connectivity index (χ4n) is 3.59. The van der Waals surface area contributed by atoms with Gasteiger partial charge in [-0.15, -0.1) is 0 Å². The average molecular weight is 303 g/mol. The second-order valence-corrected chi connectivity index (χ2v) is 6.18. The van der Waals surface area contributed by atoms with Crippen LogP contribution in [0.5, 0.6) is 0 Å². The molecule has 0 bridgehead atoms. The standard InChI is InChI=1S/C24H15/c1-2-8-18-15-20(14-13-17(18)7-1)24-16-19-9-3-4-10-21(19)22-11-5-6-12-23(22)24/h1,3-16H. The molecule has 5 aromatic rings. The zero-order chi connectivity index (χ0) is 15.9. The fraction of sp³-hybridized carbons (Fsp3) is 0. The molecule has 0 heteroatoms. The van der Waals surface area contributed by atoms with Gasteiger partial charge in [0.05, 0.1) is 0 Å². The van der Waals surface area contributed by atoms with Crippen molar-refractivity contribution in [2.45, 2.75) is 0 Å². The monoisotopic (exact) mass is 303 g/mol. The summed E-state index contributed by atoms with van der Waals surface area (Å²) in [6.45, 7) is 0. The molecule has 0 saturated heterocycles. The van der Waals surface area contributed by atoms with Crippen molar-refractivity contribution in [2.24, 2.45) is 0 Å². The van der Waals surface area contributed by atoms with Crippen LogP contribution < -0.4 is 0 Å². The lowest BCUT2D eigenvalue weighted by molar-refractivity contribution is 1.69. The zero-order valence-corrected chi connectivity index (χ0v) is 13.2. The molecular weight excluding hydrogens is 288 g/mol. The van der Waals surface area contributed by atoms with Crippen molar-refractivity contribution in [2.75, 3.05) is 0 Å². The maximum Gasteiger partial charge on any atom is -0.00988 e. The first-order chi connectivity index (χ1) is 11.9. The van der Waals surface area contributed by atoms with E-state index in [1.165, 1.54) is 43.4 Å². The lowest BCUT2D eigenvalue weighted by atomic mass is 9.92. The minimum Gasteiger partial charge on any atom is -0.0616 e. The quantitative estimate of drug-likeness (QED) is 0.305. The van der Waals surface area contributed by atoms with Crippen LogP contribution in [0.15, 0.2) is 91.0 Å². The molecule has 0 aliphatic rings. The molecule has 0 aliphatic carbocycles. The molecule has 0 unspecified atom stereocenters. The Bertz CT molecular complexity index is 1200. The minimum absolute atomic E-state index is 1.23. The van der Waals surface area contributed by atoms with Gasteiger partial charge in [0.2, 0.25) is 0 Å². The van der Waals surface area contributed by atoms with E-state index >= 15 is 0 Å². The molecule has 0 atom stereocenters. The highest BCUT2D eigenvalue weighted by Crippen LogP contribution is 2.35. The molecule has 111 valence electrons. The third-order valence-corrected chi connectivity index (χ3v) is 4.76. The molecule has 0 N–H and O–H groups in total. The molecule has 24 heavy (non-hydrogen) atoms. The number of benzene rings is 5. The van der Waals surface area contributed by atoms with Gasteiger partial charge in [-0.1, -0.05) is 72.8 Å². The Balaban J connectivity index is 1.89. The van der Waals surface area contributed by atoms with Crippen molar-refractivity contribution in [1.82, 2.24) is 0 Å². The van der Waals surface area contributed by atoms with Gasteiger partial charge in [-0.2, -0.15) is 0 Å². The predicted octanol–water partition coefficient (Wildman–Crippen LogP) is 6.61. The molecule has 0 nitrogen and oxygen atoms in total. The Morgan fingerprint density at radius 1 is 0.542 bits per heavy atom. The van der Waals surface area contributed by atoms with Crippen molar-refractivity contribution < 1.29 is 0 Å². The molecule has 5 rings (SSSR count). The van der Waals surface area contributed by atoms with E-state index in [2.05, 4.69) is 91.0 Å². The second kappa shape index (κ2) is 5.21. The summed E-state index contributed by atoms with van der Waals surface area (Å²) in [7, 11) is 0. The van der Waals surface area contributed by atoms with E-state index in [-0.39, 0.29) is 0 Å². The normalized spacial score (nSPS) is 11.3. The number of hydrogen-bond acceptors (Lipinski definition) is 0. The fourth-order valence-corrected chi connectivity index (χ4v) is 3.59. The summed E-state index contributed by atoms with van der Waals surface area (Å²) in [6, 6.07) is 35.6. The number of rotatable bonds is 1. The van der Waals surface area contributed by atoms with Crippen molar-refractivity contribution >= 4 is 32.3 Å². The summed E-state index contributed by atoms with van der Waals surface area (Å²) in [5, 5.41) is 7.69. The van der Waals surface area contributed by atoms with Crippen LogP contribution >= 0.6 is 0 Å². The molecule has 0 heterocycles. The molecule has 5 aromatic carbocycles. The van der Waals surface area contributed by atoms with Gasteiger partial charge in [-0.3, -0.25) is 0 Å². The first-order valence-corrected chi connectivity index (χ1v) is 8.21. The van der Waals surface area contributed by atoms with E-state index < -0.39 is 0 Å². The van der Waals surface area contributed by atoms with E-state index in [0.29, 0.717) is 0 Å². The zero-order valence-electron chi connectivity index (χ0n) is 13.2. The van der Waals surface area contributed by atoms with Crippen LogP contribution in [0.25, 0.3) is 43.4 Å². The van der Waals surface area contributed by atoms with E-state index in [1.54, 1.807) is 0 Å². The van der Waals surface area contributed by atoms with Gasteiger partial charge in [0, 0.05) is 0 Å². The smallest absolute Gasteiger partial charge is 0.00988 e. The molecule has 1 radical (unpaired) electrons. The number of hydrogen-bond donors (Lipinski definition) is 0. The van der Waals surface area contributed by atoms with Crippen LogP contribution in [0.3, 0.4) is 0 Å². The van der Waals surface area contributed by atoms with Crippen LogP contribution in [-0.4, -0.2) is 0 Å². The SMILES string of the molecule is [c]1ccc2ccc(-c3cc4ccccc4c4ccccc34)cc2c1. The summed E-state index contributed by atoms with van der Waals surface area (Å²) in [5.74, 6) is 0. The third kappa shape index (κ3) is 2.00. The molecule has 0 fully saturated rings. The molecular formula is C24H15. The summed E-state index contributed by atoms with van der Waals surface area (Å²) in [6.07, 6.45) is 0. The highest BCUT2D eigenvalue weighted by atomic mass is 14.1. The van der Waals surface area contributed by atoms with Gasteiger partial charge < -0.3 is 0 Å². The topological polar surface area (TPSA) is 0 Å². The second-order valence-electron chi connectivity index (χ2n) is 6.18. The van der Waals surface area contributed by atoms with E-state index in [9.17, 15) is 0 Å². The number of fused-ring (bicyclic) bond motifs is 4. The van der Waals surface area contributed by atoms with Crippen molar-refractivity contribution in [1.29, 1.82) is 0 Å². The Kier molecular flexibility index (Phi) is 2.89. The van der Waals surface area contributed by atoms with Crippen LogP contribution in [0.2, 0.25) is 0 Å². The van der Waals surface area contributed by atoms with Gasteiger partial charge in [0.15, 0.2) is 0 Å². The summed E-state index contributed by atoms with van der Waals surface area (Å²) >= 11 is 0. The largest absolute Gasteiger partial charge is 0.0616 e. The summed E-state index contributed by atoms with van der Waals surface area (Å²) in [4.78, 5) is 0. The summed E-state index contributed by atoms with van der Waals surface area (Å²) < 4.78 is 0. The van der Waals surface area contributed by atoms with Crippen molar-refractivity contribution in [3.8, 4) is 11.1 Å². The van der Waals surface area contributed by atoms with E-state index in [4.69, 9.17) is 0 Å². The van der Waals surface area contributed by atoms with Gasteiger partial charge in [0.1, 0.15) is 0 Å². The maximum absolute atomic E-state index is 3.18. The average Bonchev–Trinajstić information content (AvgIpc) is 2.67. The lowest BCUT2D eigenvalue weighted by Gasteiger charge is -2.11. The Hall–Kier alpha value is -3.12. The predicted molar refractivity (Wildman–Crippen MR) is 103 cm³/mol. The molecule has 0 saturated carbocycles. The van der Waals surface area contributed by atoms with Gasteiger partial charge in [-0.25, -0.2) is 0 Å². The Morgan fingerprint density at radius 3 is 2.25 bits per heavy atom. The van der Waals surface area contributed by atoms with E-state index in [1.807, 2.05) is 6.07 Å². The van der Waals surface area contributed by atoms with Crippen molar-refractivity contribution in [3.05, 3.63) is 97.1 Å². The third-order valence-electron chi connectivity index (χ3n) is 4.76. The van der Waals surface area contributed by atoms with Gasteiger partial charge >= 0.3 is 0 Å². The Labute approximate surface area is 141 Å².